The van der Waals surface area contributed by atoms with Gasteiger partial charge in [0.05, 0.1) is 12.2 Å². The van der Waals surface area contributed by atoms with Crippen LogP contribution in [0.2, 0.25) is 0 Å². The Labute approximate surface area is 148 Å². The summed E-state index contributed by atoms with van der Waals surface area (Å²) in [4.78, 5) is 27.7. The predicted molar refractivity (Wildman–Crippen MR) is 95.1 cm³/mol. The molecular weight excluding hydrogens is 337 g/mol. The van der Waals surface area contributed by atoms with Crippen LogP contribution in [-0.2, 0) is 6.54 Å². The van der Waals surface area contributed by atoms with Crippen LogP contribution >= 0.6 is 0 Å². The van der Waals surface area contributed by atoms with Crippen molar-refractivity contribution in [2.45, 2.75) is 6.54 Å². The molecule has 1 aromatic carbocycles. The van der Waals surface area contributed by atoms with Crippen LogP contribution in [-0.4, -0.2) is 27.3 Å². The molecule has 132 valence electrons. The first kappa shape index (κ1) is 17.3. The molecule has 2 heterocycles. The van der Waals surface area contributed by atoms with Gasteiger partial charge in [-0.3, -0.25) is 9.78 Å². The minimum atomic E-state index is -0.449. The van der Waals surface area contributed by atoms with Gasteiger partial charge in [0.1, 0.15) is 5.82 Å². The Hall–Kier alpha value is -3.55. The van der Waals surface area contributed by atoms with Crippen LogP contribution in [0.3, 0.4) is 0 Å². The maximum Gasteiger partial charge on any atom is 0.319 e. The maximum atomic E-state index is 12.8. The van der Waals surface area contributed by atoms with Gasteiger partial charge in [-0.05, 0) is 42.5 Å². The van der Waals surface area contributed by atoms with E-state index in [1.165, 1.54) is 35.0 Å². The van der Waals surface area contributed by atoms with Crippen molar-refractivity contribution in [3.8, 4) is 11.3 Å². The molecule has 26 heavy (non-hydrogen) atoms. The van der Waals surface area contributed by atoms with Crippen LogP contribution in [0.15, 0.2) is 65.7 Å². The lowest BCUT2D eigenvalue weighted by molar-refractivity contribution is 0.251. The highest BCUT2D eigenvalue weighted by molar-refractivity contribution is 5.89. The number of nitrogens with one attached hydrogen (secondary N) is 2. The van der Waals surface area contributed by atoms with Crippen LogP contribution < -0.4 is 16.2 Å². The number of halogens is 1. The van der Waals surface area contributed by atoms with E-state index in [1.807, 2.05) is 0 Å². The zero-order valence-electron chi connectivity index (χ0n) is 13.7. The zero-order chi connectivity index (χ0) is 18.4. The Morgan fingerprint density at radius 3 is 2.50 bits per heavy atom. The molecule has 7 nitrogen and oxygen atoms in total. The first-order valence-electron chi connectivity index (χ1n) is 7.91. The number of carbonyl (C=O) groups is 1. The second kappa shape index (κ2) is 8.02. The lowest BCUT2D eigenvalue weighted by Gasteiger charge is -2.09. The van der Waals surface area contributed by atoms with Gasteiger partial charge in [-0.25, -0.2) is 13.9 Å². The number of carbonyl (C=O) groups excluding carboxylic acids is 1. The van der Waals surface area contributed by atoms with Crippen molar-refractivity contribution in [3.63, 3.8) is 0 Å². The fourth-order valence-electron chi connectivity index (χ4n) is 2.27. The molecule has 0 saturated heterocycles. The number of amides is 2. The summed E-state index contributed by atoms with van der Waals surface area (Å²) < 4.78 is 14.1. The van der Waals surface area contributed by atoms with E-state index in [1.54, 1.807) is 30.6 Å². The summed E-state index contributed by atoms with van der Waals surface area (Å²) in [6.45, 7) is 0.425. The predicted octanol–water partition coefficient (Wildman–Crippen LogP) is 2.27. The molecule has 3 aromatic rings. The number of hydrogen-bond acceptors (Lipinski definition) is 4. The van der Waals surface area contributed by atoms with Gasteiger partial charge in [-0.15, -0.1) is 0 Å². The van der Waals surface area contributed by atoms with Crippen LogP contribution in [0.4, 0.5) is 14.9 Å². The van der Waals surface area contributed by atoms with Gasteiger partial charge in [0.25, 0.3) is 5.56 Å². The second-order valence-electron chi connectivity index (χ2n) is 5.40. The van der Waals surface area contributed by atoms with E-state index in [0.29, 0.717) is 11.4 Å². The maximum absolute atomic E-state index is 12.8. The van der Waals surface area contributed by atoms with E-state index in [0.717, 1.165) is 5.56 Å². The second-order valence-corrected chi connectivity index (χ2v) is 5.40. The summed E-state index contributed by atoms with van der Waals surface area (Å²) in [6.07, 6.45) is 3.29. The Morgan fingerprint density at radius 1 is 1.04 bits per heavy atom. The summed E-state index contributed by atoms with van der Waals surface area (Å²) in [5.41, 5.74) is 1.70. The minimum Gasteiger partial charge on any atom is -0.336 e. The number of rotatable bonds is 5. The van der Waals surface area contributed by atoms with Crippen molar-refractivity contribution in [1.29, 1.82) is 0 Å². The van der Waals surface area contributed by atoms with Crippen LogP contribution in [0, 0.1) is 5.82 Å². The molecule has 2 N–H and O–H groups in total. The SMILES string of the molecule is O=C(NCCn1nc(-c2ccncc2)ccc1=O)Nc1ccc(F)cc1. The van der Waals surface area contributed by atoms with E-state index < -0.39 is 6.03 Å². The monoisotopic (exact) mass is 353 g/mol. The quantitative estimate of drug-likeness (QED) is 0.736. The summed E-state index contributed by atoms with van der Waals surface area (Å²) >= 11 is 0. The van der Waals surface area contributed by atoms with Crippen molar-refractivity contribution < 1.29 is 9.18 Å². The number of aromatic nitrogens is 3. The first-order valence-corrected chi connectivity index (χ1v) is 7.91. The number of hydrogen-bond donors (Lipinski definition) is 2. The van der Waals surface area contributed by atoms with Gasteiger partial charge >= 0.3 is 6.03 Å². The molecule has 0 aliphatic heterocycles. The molecule has 0 bridgehead atoms. The zero-order valence-corrected chi connectivity index (χ0v) is 13.7. The number of benzene rings is 1. The molecule has 0 aliphatic rings. The molecule has 2 amide bonds. The van der Waals surface area contributed by atoms with Gasteiger partial charge in [0, 0.05) is 36.3 Å². The molecule has 0 atom stereocenters. The van der Waals surface area contributed by atoms with Crippen molar-refractivity contribution in [3.05, 3.63) is 77.1 Å². The normalized spacial score (nSPS) is 10.3. The van der Waals surface area contributed by atoms with Crippen molar-refractivity contribution in [1.82, 2.24) is 20.1 Å². The highest BCUT2D eigenvalue weighted by Crippen LogP contribution is 2.13. The van der Waals surface area contributed by atoms with E-state index in [-0.39, 0.29) is 24.5 Å². The third-order valence-corrected chi connectivity index (χ3v) is 3.55. The van der Waals surface area contributed by atoms with Gasteiger partial charge in [-0.1, -0.05) is 0 Å². The highest BCUT2D eigenvalue weighted by Gasteiger charge is 2.05. The molecule has 0 fully saturated rings. The fraction of sp³-hybridized carbons (Fsp3) is 0.111. The Bertz CT molecular complexity index is 942. The third-order valence-electron chi connectivity index (χ3n) is 3.55. The Balaban J connectivity index is 1.58. The molecular formula is C18H16FN5O2. The molecule has 3 rings (SSSR count). The Kier molecular flexibility index (Phi) is 5.33. The Morgan fingerprint density at radius 2 is 1.77 bits per heavy atom. The topological polar surface area (TPSA) is 88.9 Å². The molecule has 0 unspecified atom stereocenters. The van der Waals surface area contributed by atoms with Crippen LogP contribution in [0.25, 0.3) is 11.3 Å². The molecule has 0 radical (unpaired) electrons. The van der Waals surface area contributed by atoms with Crippen molar-refractivity contribution in [2.75, 3.05) is 11.9 Å². The average molecular weight is 353 g/mol. The van der Waals surface area contributed by atoms with E-state index >= 15 is 0 Å². The number of pyridine rings is 1. The summed E-state index contributed by atoms with van der Waals surface area (Å²) in [7, 11) is 0. The van der Waals surface area contributed by atoms with E-state index in [9.17, 15) is 14.0 Å². The molecule has 0 spiro atoms. The van der Waals surface area contributed by atoms with Gasteiger partial charge in [0.15, 0.2) is 0 Å². The number of nitrogens with zero attached hydrogens (tertiary/aromatic N) is 3. The third kappa shape index (κ3) is 4.50. The van der Waals surface area contributed by atoms with E-state index in [4.69, 9.17) is 0 Å². The summed E-state index contributed by atoms with van der Waals surface area (Å²) in [5, 5.41) is 9.50. The molecule has 8 heteroatoms. The highest BCUT2D eigenvalue weighted by atomic mass is 19.1. The number of anilines is 1. The lowest BCUT2D eigenvalue weighted by atomic mass is 10.2. The molecule has 2 aromatic heterocycles. The minimum absolute atomic E-state index is 0.208. The number of urea groups is 1. The summed E-state index contributed by atoms with van der Waals surface area (Å²) in [6, 6.07) is 11.6. The smallest absolute Gasteiger partial charge is 0.319 e. The lowest BCUT2D eigenvalue weighted by Crippen LogP contribution is -2.34. The van der Waals surface area contributed by atoms with Crippen LogP contribution in [0.5, 0.6) is 0 Å². The molecule has 0 saturated carbocycles. The van der Waals surface area contributed by atoms with Crippen molar-refractivity contribution in [2.24, 2.45) is 0 Å². The summed E-state index contributed by atoms with van der Waals surface area (Å²) in [5.74, 6) is -0.379. The average Bonchev–Trinajstić information content (AvgIpc) is 2.66. The standard InChI is InChI=1S/C18H16FN5O2/c19-14-1-3-15(4-2-14)22-18(26)21-11-12-24-17(25)6-5-16(23-24)13-7-9-20-10-8-13/h1-10H,11-12H2,(H2,21,22,26). The first-order chi connectivity index (χ1) is 12.6. The largest absolute Gasteiger partial charge is 0.336 e. The van der Waals surface area contributed by atoms with Crippen LogP contribution in [0.1, 0.15) is 0 Å². The fourth-order valence-corrected chi connectivity index (χ4v) is 2.27. The molecule has 0 aliphatic carbocycles. The van der Waals surface area contributed by atoms with E-state index in [2.05, 4.69) is 20.7 Å². The van der Waals surface area contributed by atoms with Gasteiger partial charge in [0.2, 0.25) is 0 Å². The van der Waals surface area contributed by atoms with Gasteiger partial charge < -0.3 is 10.6 Å². The van der Waals surface area contributed by atoms with Crippen molar-refractivity contribution >= 4 is 11.7 Å². The van der Waals surface area contributed by atoms with Gasteiger partial charge in [-0.2, -0.15) is 5.10 Å².